The highest BCUT2D eigenvalue weighted by Crippen LogP contribution is 2.27. The molecule has 3 rings (SSSR count). The molecule has 0 aliphatic heterocycles. The Morgan fingerprint density at radius 2 is 1.62 bits per heavy atom. The number of aromatic nitrogens is 1. The molecule has 104 valence electrons. The number of para-hydroxylation sites is 1. The van der Waals surface area contributed by atoms with Crippen LogP contribution in [0.1, 0.15) is 9.67 Å². The van der Waals surface area contributed by atoms with Gasteiger partial charge in [-0.15, -0.1) is 11.3 Å². The van der Waals surface area contributed by atoms with Gasteiger partial charge in [0, 0.05) is 18.3 Å². The van der Waals surface area contributed by atoms with Crippen molar-refractivity contribution in [3.05, 3.63) is 71.1 Å². The lowest BCUT2D eigenvalue weighted by Gasteiger charge is -2.16. The number of thiazole rings is 1. The van der Waals surface area contributed by atoms with Crippen molar-refractivity contribution in [1.82, 2.24) is 4.98 Å². The summed E-state index contributed by atoms with van der Waals surface area (Å²) in [6, 6.07) is 19.4. The van der Waals surface area contributed by atoms with Gasteiger partial charge < -0.3 is 4.90 Å². The molecular formula is C17H14N2OS. The highest BCUT2D eigenvalue weighted by molar-refractivity contribution is 7.12. The summed E-state index contributed by atoms with van der Waals surface area (Å²) in [6.07, 6.45) is 0. The second-order valence-corrected chi connectivity index (χ2v) is 5.45. The van der Waals surface area contributed by atoms with Gasteiger partial charge in [0.25, 0.3) is 5.91 Å². The Balaban J connectivity index is 1.95. The molecule has 0 aliphatic rings. The van der Waals surface area contributed by atoms with Crippen molar-refractivity contribution in [2.45, 2.75) is 0 Å². The lowest BCUT2D eigenvalue weighted by molar-refractivity contribution is 0.0997. The second-order valence-electron chi connectivity index (χ2n) is 4.60. The predicted molar refractivity (Wildman–Crippen MR) is 86.7 cm³/mol. The van der Waals surface area contributed by atoms with Gasteiger partial charge in [0.15, 0.2) is 0 Å². The van der Waals surface area contributed by atoms with Crippen LogP contribution in [-0.4, -0.2) is 17.9 Å². The molecule has 0 aliphatic carbocycles. The predicted octanol–water partition coefficient (Wildman–Crippen LogP) is 4.09. The molecule has 1 amide bonds. The van der Waals surface area contributed by atoms with E-state index in [0.717, 1.165) is 16.9 Å². The van der Waals surface area contributed by atoms with Crippen LogP contribution in [0.4, 0.5) is 5.69 Å². The molecule has 3 aromatic rings. The Morgan fingerprint density at radius 1 is 1.00 bits per heavy atom. The standard InChI is InChI=1S/C17H14N2OS/c1-19(14-10-6-3-7-11-14)17(20)16-15(18-12-21-16)13-8-4-2-5-9-13/h2-12H,1H3. The number of hydrogen-bond acceptors (Lipinski definition) is 3. The van der Waals surface area contributed by atoms with Gasteiger partial charge >= 0.3 is 0 Å². The molecule has 3 nitrogen and oxygen atoms in total. The van der Waals surface area contributed by atoms with Crippen LogP contribution in [0.5, 0.6) is 0 Å². The number of benzene rings is 2. The third-order valence-corrected chi connectivity index (χ3v) is 4.07. The first-order chi connectivity index (χ1) is 10.3. The van der Waals surface area contributed by atoms with Gasteiger partial charge in [-0.25, -0.2) is 4.98 Å². The zero-order chi connectivity index (χ0) is 14.7. The van der Waals surface area contributed by atoms with Crippen molar-refractivity contribution in [2.75, 3.05) is 11.9 Å². The summed E-state index contributed by atoms with van der Waals surface area (Å²) in [5, 5.41) is 0. The zero-order valence-corrected chi connectivity index (χ0v) is 12.4. The van der Waals surface area contributed by atoms with E-state index in [1.807, 2.05) is 60.7 Å². The smallest absolute Gasteiger partial charge is 0.270 e. The van der Waals surface area contributed by atoms with Crippen molar-refractivity contribution in [3.63, 3.8) is 0 Å². The van der Waals surface area contributed by atoms with Crippen LogP contribution in [0, 0.1) is 0 Å². The summed E-state index contributed by atoms with van der Waals surface area (Å²) in [6.45, 7) is 0. The Morgan fingerprint density at radius 3 is 2.29 bits per heavy atom. The Bertz CT molecular complexity index is 738. The van der Waals surface area contributed by atoms with Gasteiger partial charge in [-0.1, -0.05) is 48.5 Å². The molecule has 1 heterocycles. The topological polar surface area (TPSA) is 33.2 Å². The van der Waals surface area contributed by atoms with Crippen LogP contribution in [0.25, 0.3) is 11.3 Å². The monoisotopic (exact) mass is 294 g/mol. The van der Waals surface area contributed by atoms with Crippen LogP contribution in [0.3, 0.4) is 0 Å². The maximum absolute atomic E-state index is 12.7. The lowest BCUT2D eigenvalue weighted by atomic mass is 10.1. The summed E-state index contributed by atoms with van der Waals surface area (Å²) >= 11 is 1.37. The molecule has 0 spiro atoms. The van der Waals surface area contributed by atoms with Gasteiger partial charge in [0.1, 0.15) is 4.88 Å². The molecule has 0 atom stereocenters. The third kappa shape index (κ3) is 2.71. The maximum atomic E-state index is 12.7. The van der Waals surface area contributed by atoms with E-state index in [-0.39, 0.29) is 5.91 Å². The van der Waals surface area contributed by atoms with Crippen molar-refractivity contribution in [1.29, 1.82) is 0 Å². The number of hydrogen-bond donors (Lipinski definition) is 0. The Hall–Kier alpha value is -2.46. The summed E-state index contributed by atoms with van der Waals surface area (Å²) in [5.41, 5.74) is 4.29. The van der Waals surface area contributed by atoms with E-state index in [1.165, 1.54) is 11.3 Å². The van der Waals surface area contributed by atoms with Gasteiger partial charge in [0.05, 0.1) is 11.2 Å². The van der Waals surface area contributed by atoms with Crippen LogP contribution in [0.2, 0.25) is 0 Å². The van der Waals surface area contributed by atoms with Gasteiger partial charge in [-0.3, -0.25) is 4.79 Å². The fourth-order valence-corrected chi connectivity index (χ4v) is 2.90. The minimum Gasteiger partial charge on any atom is -0.311 e. The van der Waals surface area contributed by atoms with E-state index in [0.29, 0.717) is 4.88 Å². The summed E-state index contributed by atoms with van der Waals surface area (Å²) < 4.78 is 0. The zero-order valence-electron chi connectivity index (χ0n) is 11.6. The average molecular weight is 294 g/mol. The normalized spacial score (nSPS) is 10.3. The molecule has 4 heteroatoms. The van der Waals surface area contributed by atoms with Gasteiger partial charge in [-0.2, -0.15) is 0 Å². The highest BCUT2D eigenvalue weighted by atomic mass is 32.1. The molecule has 0 saturated carbocycles. The van der Waals surface area contributed by atoms with E-state index in [9.17, 15) is 4.79 Å². The van der Waals surface area contributed by atoms with Crippen LogP contribution in [0.15, 0.2) is 66.2 Å². The fourth-order valence-electron chi connectivity index (χ4n) is 2.12. The first kappa shape index (κ1) is 13.5. The number of rotatable bonds is 3. The number of amides is 1. The van der Waals surface area contributed by atoms with Crippen LogP contribution >= 0.6 is 11.3 Å². The Kier molecular flexibility index (Phi) is 3.79. The number of carbonyl (C=O) groups excluding carboxylic acids is 1. The van der Waals surface area contributed by atoms with Crippen molar-refractivity contribution in [3.8, 4) is 11.3 Å². The first-order valence-corrected chi connectivity index (χ1v) is 7.47. The average Bonchev–Trinajstić information content (AvgIpc) is 3.04. The Labute approximate surface area is 127 Å². The minimum absolute atomic E-state index is 0.0393. The molecular weight excluding hydrogens is 280 g/mol. The van der Waals surface area contributed by atoms with E-state index in [1.54, 1.807) is 17.5 Å². The molecule has 0 unspecified atom stereocenters. The second kappa shape index (κ2) is 5.89. The molecule has 1 aromatic heterocycles. The summed E-state index contributed by atoms with van der Waals surface area (Å²) in [7, 11) is 1.78. The maximum Gasteiger partial charge on any atom is 0.270 e. The lowest BCUT2D eigenvalue weighted by Crippen LogP contribution is -2.25. The molecule has 0 bridgehead atoms. The van der Waals surface area contributed by atoms with Crippen molar-refractivity contribution < 1.29 is 4.79 Å². The molecule has 2 aromatic carbocycles. The number of nitrogens with zero attached hydrogens (tertiary/aromatic N) is 2. The summed E-state index contributed by atoms with van der Waals surface area (Å²) in [5.74, 6) is -0.0393. The largest absolute Gasteiger partial charge is 0.311 e. The molecule has 21 heavy (non-hydrogen) atoms. The van der Waals surface area contributed by atoms with Crippen LogP contribution < -0.4 is 4.90 Å². The third-order valence-electron chi connectivity index (χ3n) is 3.26. The van der Waals surface area contributed by atoms with E-state index < -0.39 is 0 Å². The minimum atomic E-state index is -0.0393. The number of carbonyl (C=O) groups is 1. The quantitative estimate of drug-likeness (QED) is 0.729. The highest BCUT2D eigenvalue weighted by Gasteiger charge is 2.20. The van der Waals surface area contributed by atoms with Gasteiger partial charge in [-0.05, 0) is 12.1 Å². The SMILES string of the molecule is CN(C(=O)c1scnc1-c1ccccc1)c1ccccc1. The van der Waals surface area contributed by atoms with Gasteiger partial charge in [0.2, 0.25) is 0 Å². The number of anilines is 1. The molecule has 0 saturated heterocycles. The van der Waals surface area contributed by atoms with Crippen LogP contribution in [-0.2, 0) is 0 Å². The first-order valence-electron chi connectivity index (χ1n) is 6.59. The van der Waals surface area contributed by atoms with E-state index in [2.05, 4.69) is 4.98 Å². The van der Waals surface area contributed by atoms with Crippen molar-refractivity contribution in [2.24, 2.45) is 0 Å². The van der Waals surface area contributed by atoms with E-state index >= 15 is 0 Å². The molecule has 0 radical (unpaired) electrons. The summed E-state index contributed by atoms with van der Waals surface area (Å²) in [4.78, 5) is 19.4. The van der Waals surface area contributed by atoms with Crippen molar-refractivity contribution >= 4 is 22.9 Å². The fraction of sp³-hybridized carbons (Fsp3) is 0.0588. The van der Waals surface area contributed by atoms with E-state index in [4.69, 9.17) is 0 Å². The molecule has 0 fully saturated rings. The molecule has 0 N–H and O–H groups in total.